The van der Waals surface area contributed by atoms with E-state index < -0.39 is 0 Å². The van der Waals surface area contributed by atoms with Crippen molar-refractivity contribution in [3.05, 3.63) is 64.3 Å². The second-order valence-corrected chi connectivity index (χ2v) is 7.58. The molecule has 2 aromatic carbocycles. The molecule has 0 aromatic heterocycles. The number of rotatable bonds is 4. The van der Waals surface area contributed by atoms with Gasteiger partial charge in [-0.25, -0.2) is 9.18 Å². The lowest BCUT2D eigenvalue weighted by molar-refractivity contribution is -0.836. The maximum Gasteiger partial charge on any atom is 0.348 e. The summed E-state index contributed by atoms with van der Waals surface area (Å²) in [6, 6.07) is 11.9. The first-order chi connectivity index (χ1) is 12.9. The van der Waals surface area contributed by atoms with Gasteiger partial charge in [0.1, 0.15) is 17.1 Å². The number of quaternary nitrogens is 1. The molecule has 0 unspecified atom stereocenters. The van der Waals surface area contributed by atoms with Gasteiger partial charge in [0.15, 0.2) is 0 Å². The third-order valence-corrected chi connectivity index (χ3v) is 5.64. The topological polar surface area (TPSA) is 49.7 Å². The quantitative estimate of drug-likeness (QED) is 0.591. The van der Waals surface area contributed by atoms with Gasteiger partial charge in [-0.15, -0.1) is 4.91 Å². The van der Waals surface area contributed by atoms with Crippen LogP contribution in [0.4, 0.5) is 15.8 Å². The highest BCUT2D eigenvalue weighted by Crippen LogP contribution is 2.31. The van der Waals surface area contributed by atoms with E-state index in [0.29, 0.717) is 24.3 Å². The van der Waals surface area contributed by atoms with E-state index in [-0.39, 0.29) is 27.9 Å². The van der Waals surface area contributed by atoms with Crippen LogP contribution in [0, 0.1) is 17.6 Å². The Hall–Kier alpha value is -2.60. The van der Waals surface area contributed by atoms with Crippen molar-refractivity contribution in [2.75, 3.05) is 32.1 Å². The number of carbonyl (C=O) groups excluding carboxylic acids is 1. The lowest BCUT2D eigenvalue weighted by atomic mass is 9.98. The maximum absolute atomic E-state index is 14.3. The Morgan fingerprint density at radius 1 is 1.11 bits per heavy atom. The first-order valence-corrected chi connectivity index (χ1v) is 9.17. The summed E-state index contributed by atoms with van der Waals surface area (Å²) in [5, 5.41) is 2.99. The molecule has 0 bridgehead atoms. The fourth-order valence-corrected chi connectivity index (χ4v) is 3.97. The van der Waals surface area contributed by atoms with Crippen molar-refractivity contribution in [1.29, 1.82) is 0 Å². The highest BCUT2D eigenvalue weighted by atomic mass is 19.1. The highest BCUT2D eigenvalue weighted by molar-refractivity contribution is 5.94. The van der Waals surface area contributed by atoms with Crippen molar-refractivity contribution >= 4 is 17.3 Å². The zero-order valence-corrected chi connectivity index (χ0v) is 16.0. The molecule has 0 spiro atoms. The second-order valence-electron chi connectivity index (χ2n) is 7.58. The number of aryl methyl sites for hydroxylation is 1. The molecule has 0 radical (unpaired) electrons. The Morgan fingerprint density at radius 3 is 2.41 bits per heavy atom. The normalized spacial score (nSPS) is 15.6. The molecular formula is C21H25FN3O2+. The van der Waals surface area contributed by atoms with Gasteiger partial charge in [-0.1, -0.05) is 24.3 Å². The molecule has 1 saturated heterocycles. The lowest BCUT2D eigenvalue weighted by Crippen LogP contribution is -2.57. The van der Waals surface area contributed by atoms with Crippen LogP contribution in [-0.2, 0) is 0 Å². The van der Waals surface area contributed by atoms with Crippen molar-refractivity contribution in [3.63, 3.8) is 0 Å². The maximum atomic E-state index is 14.3. The van der Waals surface area contributed by atoms with E-state index in [1.807, 2.05) is 27.1 Å². The van der Waals surface area contributed by atoms with Gasteiger partial charge in [0, 0.05) is 25.9 Å². The molecule has 27 heavy (non-hydrogen) atoms. The smallest absolute Gasteiger partial charge is 0.348 e. The number of hydrogen-bond acceptors (Lipinski definition) is 4. The number of nitrogens with zero attached hydrogens (tertiary/aromatic N) is 3. The molecule has 5 nitrogen and oxygen atoms in total. The number of hydrogen-bond donors (Lipinski definition) is 0. The van der Waals surface area contributed by atoms with Crippen LogP contribution in [0.25, 0.3) is 0 Å². The Kier molecular flexibility index (Phi) is 5.37. The number of anilines is 1. The molecular weight excluding hydrogens is 345 g/mol. The summed E-state index contributed by atoms with van der Waals surface area (Å²) in [5.41, 5.74) is 2.10. The molecule has 0 aliphatic carbocycles. The molecule has 1 heterocycles. The molecule has 0 atom stereocenters. The van der Waals surface area contributed by atoms with Gasteiger partial charge in [-0.3, -0.25) is 4.48 Å². The van der Waals surface area contributed by atoms with E-state index in [0.717, 1.165) is 18.4 Å². The van der Waals surface area contributed by atoms with Crippen LogP contribution >= 0.6 is 0 Å². The van der Waals surface area contributed by atoms with Crippen molar-refractivity contribution in [3.8, 4) is 0 Å². The van der Waals surface area contributed by atoms with Gasteiger partial charge < -0.3 is 4.90 Å². The van der Waals surface area contributed by atoms with E-state index in [4.69, 9.17) is 0 Å². The van der Waals surface area contributed by atoms with Crippen LogP contribution in [0.1, 0.15) is 28.8 Å². The van der Waals surface area contributed by atoms with Crippen molar-refractivity contribution in [1.82, 2.24) is 0 Å². The predicted molar refractivity (Wildman–Crippen MR) is 105 cm³/mol. The predicted octanol–water partition coefficient (Wildman–Crippen LogP) is 4.42. The molecule has 1 aliphatic heterocycles. The molecule has 142 valence electrons. The zero-order valence-electron chi connectivity index (χ0n) is 16.0. The van der Waals surface area contributed by atoms with Crippen molar-refractivity contribution < 1.29 is 13.7 Å². The fraction of sp³-hybridized carbons (Fsp3) is 0.381. The number of piperidine rings is 1. The van der Waals surface area contributed by atoms with E-state index >= 15 is 0 Å². The van der Waals surface area contributed by atoms with E-state index in [9.17, 15) is 14.1 Å². The van der Waals surface area contributed by atoms with Crippen LogP contribution < -0.4 is 4.90 Å². The highest BCUT2D eigenvalue weighted by Gasteiger charge is 2.40. The Labute approximate surface area is 159 Å². The molecule has 2 aromatic rings. The van der Waals surface area contributed by atoms with E-state index in [2.05, 4.69) is 10.1 Å². The average Bonchev–Trinajstić information content (AvgIpc) is 2.67. The van der Waals surface area contributed by atoms with E-state index in [1.54, 1.807) is 30.3 Å². The largest absolute Gasteiger partial charge is 0.368 e. The SMILES string of the molecule is Cc1cccc(F)c1N1CCC([N+](C)(C)C(=O)c2ccccc2N=O)CC1. The molecule has 1 fully saturated rings. The first kappa shape index (κ1) is 19.2. The van der Waals surface area contributed by atoms with Gasteiger partial charge in [0.25, 0.3) is 0 Å². The van der Waals surface area contributed by atoms with Gasteiger partial charge in [0.05, 0.1) is 25.8 Å². The van der Waals surface area contributed by atoms with Gasteiger partial charge in [0.2, 0.25) is 0 Å². The minimum absolute atomic E-state index is 0.0977. The van der Waals surface area contributed by atoms with Crippen LogP contribution in [0.5, 0.6) is 0 Å². The van der Waals surface area contributed by atoms with Crippen LogP contribution in [-0.4, -0.2) is 43.6 Å². The molecule has 3 rings (SSSR count). The number of halogens is 1. The number of carbonyl (C=O) groups is 1. The molecule has 0 saturated carbocycles. The van der Waals surface area contributed by atoms with Crippen LogP contribution in [0.2, 0.25) is 0 Å². The molecule has 6 heteroatoms. The summed E-state index contributed by atoms with van der Waals surface area (Å²) in [6.07, 6.45) is 1.53. The number of amides is 1. The Morgan fingerprint density at radius 2 is 1.78 bits per heavy atom. The minimum Gasteiger partial charge on any atom is -0.368 e. The van der Waals surface area contributed by atoms with Gasteiger partial charge >= 0.3 is 5.91 Å². The third-order valence-electron chi connectivity index (χ3n) is 5.64. The Bertz CT molecular complexity index is 838. The fourth-order valence-electron chi connectivity index (χ4n) is 3.97. The molecule has 1 amide bonds. The number of benzene rings is 2. The summed E-state index contributed by atoms with van der Waals surface area (Å²) in [5.74, 6) is -0.324. The van der Waals surface area contributed by atoms with Crippen LogP contribution in [0.15, 0.2) is 47.6 Å². The summed E-state index contributed by atoms with van der Waals surface area (Å²) in [7, 11) is 3.75. The average molecular weight is 370 g/mol. The number of para-hydroxylation sites is 1. The first-order valence-electron chi connectivity index (χ1n) is 9.17. The molecule has 0 N–H and O–H groups in total. The van der Waals surface area contributed by atoms with Crippen molar-refractivity contribution in [2.24, 2.45) is 5.18 Å². The lowest BCUT2D eigenvalue weighted by Gasteiger charge is -2.41. The Balaban J connectivity index is 1.76. The minimum atomic E-state index is -0.204. The van der Waals surface area contributed by atoms with Gasteiger partial charge in [-0.05, 0) is 35.9 Å². The van der Waals surface area contributed by atoms with E-state index in [1.165, 1.54) is 6.07 Å². The zero-order chi connectivity index (χ0) is 19.6. The standard InChI is InChI=1S/C21H25FN3O2/c1-15-7-6-9-18(22)20(15)24-13-11-16(12-14-24)25(2,3)21(26)17-8-4-5-10-19(17)23-27/h4-10,16H,11-14H2,1-3H3/q+1. The summed E-state index contributed by atoms with van der Waals surface area (Å²) in [6.45, 7) is 3.29. The van der Waals surface area contributed by atoms with Crippen LogP contribution in [0.3, 0.4) is 0 Å². The summed E-state index contributed by atoms with van der Waals surface area (Å²) in [4.78, 5) is 26.2. The summed E-state index contributed by atoms with van der Waals surface area (Å²) < 4.78 is 14.4. The van der Waals surface area contributed by atoms with Crippen molar-refractivity contribution in [2.45, 2.75) is 25.8 Å². The van der Waals surface area contributed by atoms with Gasteiger partial charge in [-0.2, -0.15) is 0 Å². The molecule has 1 aliphatic rings. The summed E-state index contributed by atoms with van der Waals surface area (Å²) >= 11 is 0. The number of nitroso groups, excluding NO2 is 1. The third kappa shape index (κ3) is 3.62. The monoisotopic (exact) mass is 370 g/mol. The second kappa shape index (κ2) is 7.56.